The predicted molar refractivity (Wildman–Crippen MR) is 98.7 cm³/mol. The smallest absolute Gasteiger partial charge is 0.278 e. The molecule has 10 heteroatoms. The zero-order chi connectivity index (χ0) is 19.6. The van der Waals surface area contributed by atoms with Crippen molar-refractivity contribution in [3.05, 3.63) is 69.0 Å². The van der Waals surface area contributed by atoms with Crippen LogP contribution in [0, 0.1) is 17.0 Å². The van der Waals surface area contributed by atoms with Gasteiger partial charge in [0, 0.05) is 17.2 Å². The van der Waals surface area contributed by atoms with Crippen LogP contribution in [0.4, 0.5) is 11.4 Å². The quantitative estimate of drug-likeness (QED) is 0.530. The number of anilines is 1. The number of non-ortho nitro benzene ring substituents is 1. The third kappa shape index (κ3) is 3.72. The zero-order valence-corrected chi connectivity index (χ0v) is 15.1. The molecular formula is C17H14ClN5O4. The van der Waals surface area contributed by atoms with Crippen molar-refractivity contribution in [2.45, 2.75) is 6.92 Å². The SMILES string of the molecule is COc1ccc(Cl)cc1NC(=O)c1nnn(-c2cccc([N+](=O)[O-])c2)c1C. The van der Waals surface area contributed by atoms with E-state index < -0.39 is 10.8 Å². The number of carbonyl (C=O) groups excluding carboxylic acids is 1. The number of carbonyl (C=O) groups is 1. The van der Waals surface area contributed by atoms with E-state index in [2.05, 4.69) is 15.6 Å². The van der Waals surface area contributed by atoms with Crippen LogP contribution in [0.5, 0.6) is 5.75 Å². The summed E-state index contributed by atoms with van der Waals surface area (Å²) in [6.45, 7) is 1.64. The number of rotatable bonds is 5. The largest absolute Gasteiger partial charge is 0.495 e. The molecule has 0 atom stereocenters. The van der Waals surface area contributed by atoms with Crippen LogP contribution in [0.1, 0.15) is 16.2 Å². The molecule has 0 fully saturated rings. The van der Waals surface area contributed by atoms with Crippen molar-refractivity contribution in [1.29, 1.82) is 0 Å². The van der Waals surface area contributed by atoms with E-state index in [9.17, 15) is 14.9 Å². The second kappa shape index (κ2) is 7.42. The zero-order valence-electron chi connectivity index (χ0n) is 14.3. The van der Waals surface area contributed by atoms with Gasteiger partial charge in [-0.3, -0.25) is 14.9 Å². The standard InChI is InChI=1S/C17H14ClN5O4/c1-10-16(17(24)19-14-8-11(18)6-7-15(14)27-2)20-21-22(10)12-4-3-5-13(9-12)23(25)26/h3-9H,1-2H3,(H,19,24). The molecule has 0 aliphatic rings. The molecule has 1 amide bonds. The van der Waals surface area contributed by atoms with Crippen LogP contribution < -0.4 is 10.1 Å². The van der Waals surface area contributed by atoms with Crippen molar-refractivity contribution < 1.29 is 14.5 Å². The van der Waals surface area contributed by atoms with Gasteiger partial charge in [-0.1, -0.05) is 22.9 Å². The summed E-state index contributed by atoms with van der Waals surface area (Å²) in [5.74, 6) is -0.0683. The molecule has 1 heterocycles. The fraction of sp³-hybridized carbons (Fsp3) is 0.118. The fourth-order valence-electron chi connectivity index (χ4n) is 2.48. The molecule has 3 aromatic rings. The number of ether oxygens (including phenoxy) is 1. The second-order valence-electron chi connectivity index (χ2n) is 5.51. The number of halogens is 1. The highest BCUT2D eigenvalue weighted by Crippen LogP contribution is 2.28. The number of amides is 1. The number of hydrogen-bond donors (Lipinski definition) is 1. The maximum atomic E-state index is 12.6. The molecule has 3 rings (SSSR count). The Morgan fingerprint density at radius 1 is 1.30 bits per heavy atom. The molecule has 2 aromatic carbocycles. The molecule has 0 radical (unpaired) electrons. The van der Waals surface area contributed by atoms with Crippen LogP contribution in [0.15, 0.2) is 42.5 Å². The highest BCUT2D eigenvalue weighted by atomic mass is 35.5. The molecule has 1 aromatic heterocycles. The van der Waals surface area contributed by atoms with Crippen LogP contribution in [0.2, 0.25) is 5.02 Å². The van der Waals surface area contributed by atoms with E-state index in [-0.39, 0.29) is 11.4 Å². The third-order valence-corrected chi connectivity index (χ3v) is 4.04. The Morgan fingerprint density at radius 2 is 2.07 bits per heavy atom. The van der Waals surface area contributed by atoms with Gasteiger partial charge >= 0.3 is 0 Å². The van der Waals surface area contributed by atoms with E-state index in [0.29, 0.717) is 27.8 Å². The summed E-state index contributed by atoms with van der Waals surface area (Å²) < 4.78 is 6.56. The average Bonchev–Trinajstić information content (AvgIpc) is 3.03. The van der Waals surface area contributed by atoms with E-state index in [0.717, 1.165) is 0 Å². The minimum Gasteiger partial charge on any atom is -0.495 e. The highest BCUT2D eigenvalue weighted by Gasteiger charge is 2.20. The Bertz CT molecular complexity index is 1030. The molecule has 0 unspecified atom stereocenters. The van der Waals surface area contributed by atoms with E-state index >= 15 is 0 Å². The molecule has 27 heavy (non-hydrogen) atoms. The van der Waals surface area contributed by atoms with Gasteiger partial charge in [0.15, 0.2) is 5.69 Å². The monoisotopic (exact) mass is 387 g/mol. The first-order valence-electron chi connectivity index (χ1n) is 7.72. The molecule has 0 spiro atoms. The number of nitro groups is 1. The van der Waals surface area contributed by atoms with Gasteiger partial charge < -0.3 is 10.1 Å². The van der Waals surface area contributed by atoms with Gasteiger partial charge in [0.05, 0.1) is 29.1 Å². The van der Waals surface area contributed by atoms with Crippen molar-refractivity contribution in [1.82, 2.24) is 15.0 Å². The lowest BCUT2D eigenvalue weighted by Crippen LogP contribution is -2.15. The topological polar surface area (TPSA) is 112 Å². The van der Waals surface area contributed by atoms with Crippen LogP contribution in [-0.4, -0.2) is 32.9 Å². The lowest BCUT2D eigenvalue weighted by Gasteiger charge is -2.10. The molecule has 0 saturated carbocycles. The van der Waals surface area contributed by atoms with Gasteiger partial charge in [-0.15, -0.1) is 5.10 Å². The molecule has 0 saturated heterocycles. The van der Waals surface area contributed by atoms with Crippen molar-refractivity contribution in [2.24, 2.45) is 0 Å². The fourth-order valence-corrected chi connectivity index (χ4v) is 2.65. The Labute approximate surface area is 158 Å². The molecule has 9 nitrogen and oxygen atoms in total. The first kappa shape index (κ1) is 18.3. The van der Waals surface area contributed by atoms with Gasteiger partial charge in [0.2, 0.25) is 0 Å². The number of nitro benzene ring substituents is 1. The molecule has 0 aliphatic carbocycles. The summed E-state index contributed by atoms with van der Waals surface area (Å²) in [5, 5.41) is 21.9. The minimum absolute atomic E-state index is 0.0727. The molecule has 0 aliphatic heterocycles. The third-order valence-electron chi connectivity index (χ3n) is 3.80. The summed E-state index contributed by atoms with van der Waals surface area (Å²) in [5.41, 5.74) is 1.22. The Hall–Kier alpha value is -3.46. The highest BCUT2D eigenvalue weighted by molar-refractivity contribution is 6.31. The van der Waals surface area contributed by atoms with Crippen LogP contribution in [0.3, 0.4) is 0 Å². The molecular weight excluding hydrogens is 374 g/mol. The number of hydrogen-bond acceptors (Lipinski definition) is 6. The second-order valence-corrected chi connectivity index (χ2v) is 5.95. The summed E-state index contributed by atoms with van der Waals surface area (Å²) in [6.07, 6.45) is 0. The van der Waals surface area contributed by atoms with Gasteiger partial charge in [0.25, 0.3) is 11.6 Å². The van der Waals surface area contributed by atoms with Crippen LogP contribution in [-0.2, 0) is 0 Å². The lowest BCUT2D eigenvalue weighted by atomic mass is 10.2. The number of nitrogens with one attached hydrogen (secondary N) is 1. The van der Waals surface area contributed by atoms with Gasteiger partial charge in [0.1, 0.15) is 5.75 Å². The van der Waals surface area contributed by atoms with Gasteiger partial charge in [-0.25, -0.2) is 4.68 Å². The first-order valence-corrected chi connectivity index (χ1v) is 8.10. The minimum atomic E-state index is -0.509. The summed E-state index contributed by atoms with van der Waals surface area (Å²) in [6, 6.07) is 10.7. The average molecular weight is 388 g/mol. The lowest BCUT2D eigenvalue weighted by molar-refractivity contribution is -0.384. The van der Waals surface area contributed by atoms with Crippen molar-refractivity contribution in [3.63, 3.8) is 0 Å². The number of benzene rings is 2. The van der Waals surface area contributed by atoms with Crippen molar-refractivity contribution in [3.8, 4) is 11.4 Å². The summed E-state index contributed by atoms with van der Waals surface area (Å²) in [7, 11) is 1.47. The summed E-state index contributed by atoms with van der Waals surface area (Å²) in [4.78, 5) is 23.0. The van der Waals surface area contributed by atoms with Gasteiger partial charge in [-0.2, -0.15) is 0 Å². The van der Waals surface area contributed by atoms with Crippen molar-refractivity contribution >= 4 is 28.9 Å². The van der Waals surface area contributed by atoms with E-state index in [4.69, 9.17) is 16.3 Å². The maximum absolute atomic E-state index is 12.6. The number of aromatic nitrogens is 3. The van der Waals surface area contributed by atoms with E-state index in [1.807, 2.05) is 0 Å². The Kier molecular flexibility index (Phi) is 5.04. The van der Waals surface area contributed by atoms with Crippen molar-refractivity contribution in [2.75, 3.05) is 12.4 Å². The van der Waals surface area contributed by atoms with E-state index in [1.165, 1.54) is 30.0 Å². The van der Waals surface area contributed by atoms with Gasteiger partial charge in [-0.05, 0) is 31.2 Å². The van der Waals surface area contributed by atoms with Crippen LogP contribution >= 0.6 is 11.6 Å². The van der Waals surface area contributed by atoms with E-state index in [1.54, 1.807) is 31.2 Å². The Balaban J connectivity index is 1.91. The molecule has 0 bridgehead atoms. The molecule has 1 N–H and O–H groups in total. The number of nitrogens with zero attached hydrogens (tertiary/aromatic N) is 4. The summed E-state index contributed by atoms with van der Waals surface area (Å²) >= 11 is 5.97. The first-order chi connectivity index (χ1) is 12.9. The maximum Gasteiger partial charge on any atom is 0.278 e. The predicted octanol–water partition coefficient (Wildman–Crippen LogP) is 3.40. The number of methoxy groups -OCH3 is 1. The van der Waals surface area contributed by atoms with Crippen LogP contribution in [0.25, 0.3) is 5.69 Å². The molecule has 138 valence electrons. The normalized spacial score (nSPS) is 10.5. The Morgan fingerprint density at radius 3 is 2.78 bits per heavy atom.